The van der Waals surface area contributed by atoms with E-state index in [1.165, 1.54) is 18.2 Å². The van der Waals surface area contributed by atoms with E-state index in [9.17, 15) is 14.0 Å². The van der Waals surface area contributed by atoms with Gasteiger partial charge < -0.3 is 10.1 Å². The van der Waals surface area contributed by atoms with Gasteiger partial charge in [0.05, 0.1) is 5.69 Å². The average Bonchev–Trinajstić information content (AvgIpc) is 2.49. The second-order valence-corrected chi connectivity index (χ2v) is 4.66. The van der Waals surface area contributed by atoms with Crippen LogP contribution in [0.4, 0.5) is 14.9 Å². The van der Waals surface area contributed by atoms with Crippen LogP contribution in [0.5, 0.6) is 5.75 Å². The first-order valence-electron chi connectivity index (χ1n) is 6.28. The molecule has 3 amide bonds. The van der Waals surface area contributed by atoms with Crippen LogP contribution in [0.1, 0.15) is 0 Å². The fourth-order valence-electron chi connectivity index (χ4n) is 1.56. The molecule has 2 aromatic carbocycles. The van der Waals surface area contributed by atoms with Crippen molar-refractivity contribution >= 4 is 29.2 Å². The quantitative estimate of drug-likeness (QED) is 0.908. The fourth-order valence-corrected chi connectivity index (χ4v) is 1.68. The van der Waals surface area contributed by atoms with Gasteiger partial charge in [-0.05, 0) is 36.4 Å². The normalized spacial score (nSPS) is 9.91. The number of ether oxygens (including phenoxy) is 1. The molecule has 0 heterocycles. The van der Waals surface area contributed by atoms with Gasteiger partial charge in [-0.3, -0.25) is 10.1 Å². The van der Waals surface area contributed by atoms with E-state index < -0.39 is 17.8 Å². The number of urea groups is 1. The zero-order valence-electron chi connectivity index (χ0n) is 11.3. The first kappa shape index (κ1) is 15.8. The molecular weight excluding hydrogens is 311 g/mol. The van der Waals surface area contributed by atoms with Crippen LogP contribution in [-0.2, 0) is 4.79 Å². The molecule has 0 unspecified atom stereocenters. The largest absolute Gasteiger partial charge is 0.484 e. The standard InChI is InChI=1S/C15H12ClFN2O3/c16-10-5-7-11(8-6-10)22-9-14(20)19-15(21)18-13-4-2-1-3-12(13)17/h1-8H,9H2,(H2,18,19,20,21). The maximum atomic E-state index is 13.3. The number of halogens is 2. The van der Waals surface area contributed by atoms with E-state index in [4.69, 9.17) is 16.3 Å². The number of hydrogen-bond donors (Lipinski definition) is 2. The molecule has 0 atom stereocenters. The summed E-state index contributed by atoms with van der Waals surface area (Å²) in [6, 6.07) is 11.2. The zero-order chi connectivity index (χ0) is 15.9. The van der Waals surface area contributed by atoms with Gasteiger partial charge in [-0.25, -0.2) is 9.18 Å². The predicted molar refractivity (Wildman–Crippen MR) is 80.5 cm³/mol. The molecule has 22 heavy (non-hydrogen) atoms. The predicted octanol–water partition coefficient (Wildman–Crippen LogP) is 3.21. The van der Waals surface area contributed by atoms with Gasteiger partial charge in [0, 0.05) is 5.02 Å². The lowest BCUT2D eigenvalue weighted by Gasteiger charge is -2.08. The van der Waals surface area contributed by atoms with Gasteiger partial charge in [-0.15, -0.1) is 0 Å². The molecule has 0 spiro atoms. The molecule has 0 saturated heterocycles. The van der Waals surface area contributed by atoms with Crippen molar-refractivity contribution in [2.24, 2.45) is 0 Å². The van der Waals surface area contributed by atoms with Crippen LogP contribution in [0.3, 0.4) is 0 Å². The number of nitrogens with one attached hydrogen (secondary N) is 2. The van der Waals surface area contributed by atoms with Gasteiger partial charge in [0.15, 0.2) is 6.61 Å². The van der Waals surface area contributed by atoms with E-state index in [0.717, 1.165) is 0 Å². The van der Waals surface area contributed by atoms with Crippen molar-refractivity contribution in [1.82, 2.24) is 5.32 Å². The zero-order valence-corrected chi connectivity index (χ0v) is 12.1. The Bertz CT molecular complexity index is 677. The van der Waals surface area contributed by atoms with Gasteiger partial charge in [0.1, 0.15) is 11.6 Å². The van der Waals surface area contributed by atoms with Crippen LogP contribution in [-0.4, -0.2) is 18.5 Å². The highest BCUT2D eigenvalue weighted by Gasteiger charge is 2.10. The molecular formula is C15H12ClFN2O3. The summed E-state index contributed by atoms with van der Waals surface area (Å²) >= 11 is 5.71. The lowest BCUT2D eigenvalue weighted by atomic mass is 10.3. The molecule has 0 fully saturated rings. The summed E-state index contributed by atoms with van der Waals surface area (Å²) < 4.78 is 18.5. The number of anilines is 1. The summed E-state index contributed by atoms with van der Waals surface area (Å²) in [5.74, 6) is -0.819. The molecule has 0 radical (unpaired) electrons. The maximum Gasteiger partial charge on any atom is 0.326 e. The summed E-state index contributed by atoms with van der Waals surface area (Å²) in [5.41, 5.74) is -0.0218. The molecule has 7 heteroatoms. The van der Waals surface area contributed by atoms with Crippen LogP contribution < -0.4 is 15.4 Å². The van der Waals surface area contributed by atoms with E-state index >= 15 is 0 Å². The van der Waals surface area contributed by atoms with E-state index in [-0.39, 0.29) is 12.3 Å². The summed E-state index contributed by atoms with van der Waals surface area (Å²) in [6.07, 6.45) is 0. The maximum absolute atomic E-state index is 13.3. The minimum atomic E-state index is -0.838. The Morgan fingerprint density at radius 1 is 1.09 bits per heavy atom. The number of para-hydroxylation sites is 1. The number of rotatable bonds is 4. The molecule has 0 bridgehead atoms. The monoisotopic (exact) mass is 322 g/mol. The smallest absolute Gasteiger partial charge is 0.326 e. The second-order valence-electron chi connectivity index (χ2n) is 4.22. The lowest BCUT2D eigenvalue weighted by Crippen LogP contribution is -2.37. The molecule has 2 rings (SSSR count). The topological polar surface area (TPSA) is 67.4 Å². The highest BCUT2D eigenvalue weighted by Crippen LogP contribution is 2.15. The van der Waals surface area contributed by atoms with Crippen LogP contribution in [0.15, 0.2) is 48.5 Å². The van der Waals surface area contributed by atoms with Crippen LogP contribution in [0.2, 0.25) is 5.02 Å². The summed E-state index contributed by atoms with van der Waals surface area (Å²) in [5, 5.41) is 4.80. The summed E-state index contributed by atoms with van der Waals surface area (Å²) in [7, 11) is 0. The van der Waals surface area contributed by atoms with Crippen LogP contribution >= 0.6 is 11.6 Å². The van der Waals surface area contributed by atoms with Crippen LogP contribution in [0.25, 0.3) is 0 Å². The Labute approximate surface area is 131 Å². The number of carbonyl (C=O) groups excluding carboxylic acids is 2. The van der Waals surface area contributed by atoms with Crippen molar-refractivity contribution in [3.05, 3.63) is 59.4 Å². The Hall–Kier alpha value is -2.60. The molecule has 0 aliphatic rings. The van der Waals surface area contributed by atoms with Crippen molar-refractivity contribution in [3.63, 3.8) is 0 Å². The third-order valence-electron chi connectivity index (χ3n) is 2.56. The molecule has 0 aliphatic heterocycles. The third kappa shape index (κ3) is 4.75. The highest BCUT2D eigenvalue weighted by atomic mass is 35.5. The molecule has 2 aromatic rings. The Kier molecular flexibility index (Phi) is 5.32. The second kappa shape index (κ2) is 7.42. The molecule has 0 aromatic heterocycles. The van der Waals surface area contributed by atoms with E-state index in [1.807, 2.05) is 5.32 Å². The molecule has 0 aliphatic carbocycles. The Morgan fingerprint density at radius 2 is 1.77 bits per heavy atom. The van der Waals surface area contributed by atoms with Crippen molar-refractivity contribution in [3.8, 4) is 5.75 Å². The highest BCUT2D eigenvalue weighted by molar-refractivity contribution is 6.30. The van der Waals surface area contributed by atoms with Gasteiger partial charge in [0.2, 0.25) is 0 Å². The summed E-state index contributed by atoms with van der Waals surface area (Å²) in [6.45, 7) is -0.355. The lowest BCUT2D eigenvalue weighted by molar-refractivity contribution is -0.121. The van der Waals surface area contributed by atoms with E-state index in [1.54, 1.807) is 30.3 Å². The van der Waals surface area contributed by atoms with Gasteiger partial charge >= 0.3 is 6.03 Å². The number of amides is 3. The summed E-state index contributed by atoms with van der Waals surface area (Å²) in [4.78, 5) is 23.1. The number of imide groups is 1. The average molecular weight is 323 g/mol. The van der Waals surface area contributed by atoms with Crippen molar-refractivity contribution in [2.75, 3.05) is 11.9 Å². The molecule has 114 valence electrons. The minimum absolute atomic E-state index is 0.0218. The Balaban J connectivity index is 1.80. The van der Waals surface area contributed by atoms with Crippen molar-refractivity contribution in [1.29, 1.82) is 0 Å². The molecule has 5 nitrogen and oxygen atoms in total. The number of hydrogen-bond acceptors (Lipinski definition) is 3. The minimum Gasteiger partial charge on any atom is -0.484 e. The van der Waals surface area contributed by atoms with Gasteiger partial charge in [0.25, 0.3) is 5.91 Å². The van der Waals surface area contributed by atoms with E-state index in [2.05, 4.69) is 5.32 Å². The first-order chi connectivity index (χ1) is 10.5. The van der Waals surface area contributed by atoms with Crippen molar-refractivity contribution in [2.45, 2.75) is 0 Å². The van der Waals surface area contributed by atoms with Crippen LogP contribution in [0, 0.1) is 5.82 Å². The van der Waals surface area contributed by atoms with Gasteiger partial charge in [-0.1, -0.05) is 23.7 Å². The Morgan fingerprint density at radius 3 is 2.45 bits per heavy atom. The SMILES string of the molecule is O=C(COc1ccc(Cl)cc1)NC(=O)Nc1ccccc1F. The third-order valence-corrected chi connectivity index (χ3v) is 2.81. The van der Waals surface area contributed by atoms with Crippen molar-refractivity contribution < 1.29 is 18.7 Å². The first-order valence-corrected chi connectivity index (χ1v) is 6.66. The van der Waals surface area contributed by atoms with Gasteiger partial charge in [-0.2, -0.15) is 0 Å². The van der Waals surface area contributed by atoms with E-state index in [0.29, 0.717) is 10.8 Å². The number of carbonyl (C=O) groups is 2. The fraction of sp³-hybridized carbons (Fsp3) is 0.0667. The molecule has 0 saturated carbocycles. The number of benzene rings is 2. The molecule has 2 N–H and O–H groups in total.